The van der Waals surface area contributed by atoms with E-state index >= 15 is 0 Å². The lowest BCUT2D eigenvalue weighted by atomic mass is 10.0. The Bertz CT molecular complexity index is 328. The number of hydrogen-bond acceptors (Lipinski definition) is 2. The highest BCUT2D eigenvalue weighted by Gasteiger charge is 2.17. The van der Waals surface area contributed by atoms with Gasteiger partial charge in [0, 0.05) is 11.6 Å². The Hall–Kier alpha value is -1.16. The van der Waals surface area contributed by atoms with Gasteiger partial charge < -0.3 is 10.5 Å². The van der Waals surface area contributed by atoms with Crippen molar-refractivity contribution in [1.29, 1.82) is 0 Å². The van der Waals surface area contributed by atoms with E-state index in [1.165, 1.54) is 13.2 Å². The van der Waals surface area contributed by atoms with E-state index in [9.17, 15) is 8.78 Å². The van der Waals surface area contributed by atoms with Crippen LogP contribution in [0.4, 0.5) is 8.78 Å². The second-order valence-electron chi connectivity index (χ2n) is 3.00. The van der Waals surface area contributed by atoms with Crippen LogP contribution >= 0.6 is 0 Å². The molecule has 0 aliphatic carbocycles. The predicted octanol–water partition coefficient (Wildman–Crippen LogP) is 2.38. The normalized spacial score (nSPS) is 12.6. The number of ether oxygens (including phenoxy) is 1. The highest BCUT2D eigenvalue weighted by molar-refractivity contribution is 5.37. The third kappa shape index (κ3) is 1.85. The van der Waals surface area contributed by atoms with E-state index in [-0.39, 0.29) is 11.8 Å². The van der Waals surface area contributed by atoms with Crippen LogP contribution in [-0.4, -0.2) is 7.11 Å². The Kier molecular flexibility index (Phi) is 3.41. The van der Waals surface area contributed by atoms with Crippen LogP contribution in [0.15, 0.2) is 12.1 Å². The monoisotopic (exact) mass is 201 g/mol. The molecule has 1 atom stereocenters. The van der Waals surface area contributed by atoms with E-state index in [0.29, 0.717) is 12.0 Å². The Morgan fingerprint density at radius 3 is 2.57 bits per heavy atom. The van der Waals surface area contributed by atoms with E-state index in [1.807, 2.05) is 6.92 Å². The predicted molar refractivity (Wildman–Crippen MR) is 50.1 cm³/mol. The molecule has 4 heteroatoms. The Morgan fingerprint density at radius 1 is 1.43 bits per heavy atom. The molecule has 0 spiro atoms. The van der Waals surface area contributed by atoms with Crippen LogP contribution in [0.25, 0.3) is 0 Å². The van der Waals surface area contributed by atoms with Crippen molar-refractivity contribution in [1.82, 2.24) is 0 Å². The highest BCUT2D eigenvalue weighted by atomic mass is 19.2. The summed E-state index contributed by atoms with van der Waals surface area (Å²) in [6.45, 7) is 1.87. The summed E-state index contributed by atoms with van der Waals surface area (Å²) >= 11 is 0. The molecule has 0 amide bonds. The first-order chi connectivity index (χ1) is 6.61. The van der Waals surface area contributed by atoms with E-state index in [1.54, 1.807) is 0 Å². The highest BCUT2D eigenvalue weighted by Crippen LogP contribution is 2.29. The van der Waals surface area contributed by atoms with Crippen LogP contribution in [0.1, 0.15) is 24.9 Å². The van der Waals surface area contributed by atoms with Crippen LogP contribution < -0.4 is 10.5 Å². The van der Waals surface area contributed by atoms with Gasteiger partial charge in [-0.15, -0.1) is 0 Å². The molecule has 1 unspecified atom stereocenters. The summed E-state index contributed by atoms with van der Waals surface area (Å²) in [7, 11) is 1.30. The molecule has 0 fully saturated rings. The average Bonchev–Trinajstić information content (AvgIpc) is 2.20. The van der Waals surface area contributed by atoms with Gasteiger partial charge in [0.25, 0.3) is 0 Å². The third-order valence-corrected chi connectivity index (χ3v) is 2.12. The van der Waals surface area contributed by atoms with Crippen LogP contribution in [0, 0.1) is 11.6 Å². The zero-order chi connectivity index (χ0) is 10.7. The molecule has 1 aromatic carbocycles. The molecule has 2 nitrogen and oxygen atoms in total. The summed E-state index contributed by atoms with van der Waals surface area (Å²) < 4.78 is 30.8. The third-order valence-electron chi connectivity index (χ3n) is 2.12. The lowest BCUT2D eigenvalue weighted by molar-refractivity contribution is 0.363. The molecule has 14 heavy (non-hydrogen) atoms. The van der Waals surface area contributed by atoms with Crippen molar-refractivity contribution < 1.29 is 13.5 Å². The van der Waals surface area contributed by atoms with Gasteiger partial charge in [0.1, 0.15) is 0 Å². The number of methoxy groups -OCH3 is 1. The zero-order valence-corrected chi connectivity index (χ0v) is 8.18. The topological polar surface area (TPSA) is 35.2 Å². The average molecular weight is 201 g/mol. The maximum absolute atomic E-state index is 13.2. The number of benzene rings is 1. The lowest BCUT2D eigenvalue weighted by Gasteiger charge is -2.14. The van der Waals surface area contributed by atoms with E-state index in [2.05, 4.69) is 0 Å². The second-order valence-corrected chi connectivity index (χ2v) is 3.00. The van der Waals surface area contributed by atoms with Gasteiger partial charge in [0.05, 0.1) is 7.11 Å². The first-order valence-electron chi connectivity index (χ1n) is 4.39. The van der Waals surface area contributed by atoms with Gasteiger partial charge in [0.2, 0.25) is 5.82 Å². The van der Waals surface area contributed by atoms with E-state index < -0.39 is 11.6 Å². The summed E-state index contributed by atoms with van der Waals surface area (Å²) in [5, 5.41) is 0. The Morgan fingerprint density at radius 2 is 2.07 bits per heavy atom. The summed E-state index contributed by atoms with van der Waals surface area (Å²) in [6, 6.07) is 2.17. The SMILES string of the molecule is CCC(N)c1ccc(F)c(F)c1OC. The minimum atomic E-state index is -0.978. The molecule has 0 heterocycles. The van der Waals surface area contributed by atoms with Crippen molar-refractivity contribution >= 4 is 0 Å². The summed E-state index contributed by atoms with van der Waals surface area (Å²) in [5.41, 5.74) is 6.21. The number of rotatable bonds is 3. The van der Waals surface area contributed by atoms with Gasteiger partial charge in [-0.3, -0.25) is 0 Å². The molecule has 2 N–H and O–H groups in total. The fourth-order valence-electron chi connectivity index (χ4n) is 1.27. The molecule has 78 valence electrons. The van der Waals surface area contributed by atoms with Crippen LogP contribution in [0.3, 0.4) is 0 Å². The van der Waals surface area contributed by atoms with Crippen molar-refractivity contribution in [3.8, 4) is 5.75 Å². The minimum Gasteiger partial charge on any atom is -0.493 e. The van der Waals surface area contributed by atoms with Crippen molar-refractivity contribution in [2.75, 3.05) is 7.11 Å². The molecule has 1 aromatic rings. The molecule has 0 aliphatic heterocycles. The smallest absolute Gasteiger partial charge is 0.200 e. The number of hydrogen-bond donors (Lipinski definition) is 1. The fraction of sp³-hybridized carbons (Fsp3) is 0.400. The maximum Gasteiger partial charge on any atom is 0.200 e. The molecule has 0 bridgehead atoms. The summed E-state index contributed by atoms with van der Waals surface area (Å²) in [4.78, 5) is 0. The van der Waals surface area contributed by atoms with Crippen LogP contribution in [0.5, 0.6) is 5.75 Å². The van der Waals surface area contributed by atoms with Crippen molar-refractivity contribution in [3.05, 3.63) is 29.3 Å². The number of nitrogens with two attached hydrogens (primary N) is 1. The van der Waals surface area contributed by atoms with Crippen molar-refractivity contribution in [2.24, 2.45) is 5.73 Å². The number of halogens is 2. The first kappa shape index (κ1) is 10.9. The van der Waals surface area contributed by atoms with Crippen molar-refractivity contribution in [2.45, 2.75) is 19.4 Å². The first-order valence-corrected chi connectivity index (χ1v) is 4.39. The van der Waals surface area contributed by atoms with Crippen LogP contribution in [0.2, 0.25) is 0 Å². The minimum absolute atomic E-state index is 0.0978. The van der Waals surface area contributed by atoms with Gasteiger partial charge in [0.15, 0.2) is 11.6 Å². The zero-order valence-electron chi connectivity index (χ0n) is 8.18. The Labute approximate surface area is 81.7 Å². The second kappa shape index (κ2) is 4.37. The van der Waals surface area contributed by atoms with Crippen molar-refractivity contribution in [3.63, 3.8) is 0 Å². The van der Waals surface area contributed by atoms with Crippen LogP contribution in [-0.2, 0) is 0 Å². The standard InChI is InChI=1S/C10H13F2NO/c1-3-8(13)6-4-5-7(11)9(12)10(6)14-2/h4-5,8H,3,13H2,1-2H3. The molecule has 1 rings (SSSR count). The van der Waals surface area contributed by atoms with Gasteiger partial charge >= 0.3 is 0 Å². The van der Waals surface area contributed by atoms with Gasteiger partial charge in [-0.25, -0.2) is 4.39 Å². The molecule has 0 saturated heterocycles. The lowest BCUT2D eigenvalue weighted by Crippen LogP contribution is -2.11. The van der Waals surface area contributed by atoms with Gasteiger partial charge in [-0.2, -0.15) is 4.39 Å². The summed E-state index contributed by atoms with van der Waals surface area (Å²) in [5.74, 6) is -2.00. The molecule has 0 radical (unpaired) electrons. The van der Waals surface area contributed by atoms with Gasteiger partial charge in [-0.05, 0) is 12.5 Å². The largest absolute Gasteiger partial charge is 0.493 e. The molecule has 0 aliphatic rings. The maximum atomic E-state index is 13.2. The molecular formula is C10H13F2NO. The quantitative estimate of drug-likeness (QED) is 0.814. The summed E-state index contributed by atoms with van der Waals surface area (Å²) in [6.07, 6.45) is 0.640. The van der Waals surface area contributed by atoms with Gasteiger partial charge in [-0.1, -0.05) is 13.0 Å². The van der Waals surface area contributed by atoms with E-state index in [4.69, 9.17) is 10.5 Å². The fourth-order valence-corrected chi connectivity index (χ4v) is 1.27. The van der Waals surface area contributed by atoms with E-state index in [0.717, 1.165) is 6.07 Å². The Balaban J connectivity index is 3.23. The molecular weight excluding hydrogens is 188 g/mol. The molecule has 0 saturated carbocycles. The molecule has 0 aromatic heterocycles.